The van der Waals surface area contributed by atoms with E-state index in [1.165, 1.54) is 0 Å². The van der Waals surface area contributed by atoms with Crippen LogP contribution in [0.15, 0.2) is 48.5 Å². The molecule has 0 radical (unpaired) electrons. The van der Waals surface area contributed by atoms with E-state index >= 15 is 0 Å². The van der Waals surface area contributed by atoms with Crippen molar-refractivity contribution in [1.29, 1.82) is 0 Å². The minimum Gasteiger partial charge on any atom is -0.497 e. The van der Waals surface area contributed by atoms with Crippen LogP contribution in [0.5, 0.6) is 5.75 Å². The number of rotatable bonds is 9. The Morgan fingerprint density at radius 1 is 1.21 bits per heavy atom. The van der Waals surface area contributed by atoms with Crippen molar-refractivity contribution < 1.29 is 9.53 Å². The van der Waals surface area contributed by atoms with Crippen LogP contribution in [0, 0.1) is 10.7 Å². The molecule has 2 aromatic carbocycles. The summed E-state index contributed by atoms with van der Waals surface area (Å²) in [6.07, 6.45) is 1.18. The van der Waals surface area contributed by atoms with E-state index in [0.29, 0.717) is 17.1 Å². The van der Waals surface area contributed by atoms with E-state index < -0.39 is 0 Å². The first-order valence-corrected chi connectivity index (χ1v) is 11.4. The Balaban J connectivity index is 1.49. The zero-order valence-electron chi connectivity index (χ0n) is 19.0. The molecule has 172 valence electrons. The number of ether oxygens (including phenoxy) is 1. The molecule has 2 unspecified atom stereocenters. The molecule has 4 aromatic rings. The molecule has 2 heterocycles. The van der Waals surface area contributed by atoms with Crippen LogP contribution in [-0.4, -0.2) is 37.7 Å². The number of aromatic amines is 2. The Kier molecular flexibility index (Phi) is 6.88. The maximum atomic E-state index is 13.0. The molecule has 3 N–H and O–H groups in total. The fourth-order valence-corrected chi connectivity index (χ4v) is 4.00. The number of aromatic nitrogens is 5. The number of nitrogens with zero attached hydrogens (tertiary/aromatic N) is 3. The van der Waals surface area contributed by atoms with Gasteiger partial charge in [0, 0.05) is 18.5 Å². The van der Waals surface area contributed by atoms with Gasteiger partial charge in [0.05, 0.1) is 24.2 Å². The number of para-hydroxylation sites is 2. The molecule has 0 fully saturated rings. The fourth-order valence-electron chi connectivity index (χ4n) is 3.78. The highest BCUT2D eigenvalue weighted by Gasteiger charge is 2.23. The number of amides is 1. The quantitative estimate of drug-likeness (QED) is 0.309. The highest BCUT2D eigenvalue weighted by Crippen LogP contribution is 2.25. The molecule has 2 atom stereocenters. The molecule has 0 spiro atoms. The molecule has 8 nitrogen and oxygen atoms in total. The minimum atomic E-state index is -0.201. The van der Waals surface area contributed by atoms with Crippen LogP contribution in [0.1, 0.15) is 38.6 Å². The molecule has 0 aliphatic rings. The average Bonchev–Trinajstić information content (AvgIpc) is 3.44. The predicted molar refractivity (Wildman–Crippen MR) is 130 cm³/mol. The van der Waals surface area contributed by atoms with E-state index in [-0.39, 0.29) is 24.3 Å². The normalized spacial score (nSPS) is 13.1. The molecule has 33 heavy (non-hydrogen) atoms. The summed E-state index contributed by atoms with van der Waals surface area (Å²) in [5.74, 6) is 2.38. The van der Waals surface area contributed by atoms with Gasteiger partial charge in [-0.15, -0.1) is 0 Å². The molecular formula is C24H28N6O2S. The summed E-state index contributed by atoms with van der Waals surface area (Å²) in [5.41, 5.74) is 2.75. The van der Waals surface area contributed by atoms with Gasteiger partial charge in [0.25, 0.3) is 0 Å². The van der Waals surface area contributed by atoms with Gasteiger partial charge in [-0.1, -0.05) is 32.4 Å². The molecule has 4 rings (SSSR count). The number of nitrogens with one attached hydrogen (secondary N) is 3. The number of fused-ring (bicyclic) bond motifs is 1. The van der Waals surface area contributed by atoms with Crippen molar-refractivity contribution in [2.24, 2.45) is 5.92 Å². The summed E-state index contributed by atoms with van der Waals surface area (Å²) >= 11 is 5.41. The largest absolute Gasteiger partial charge is 0.497 e. The lowest BCUT2D eigenvalue weighted by Crippen LogP contribution is -2.33. The van der Waals surface area contributed by atoms with E-state index in [1.807, 2.05) is 53.1 Å². The second-order valence-electron chi connectivity index (χ2n) is 8.05. The fraction of sp³-hybridized carbons (Fsp3) is 0.333. The predicted octanol–water partition coefficient (Wildman–Crippen LogP) is 4.79. The van der Waals surface area contributed by atoms with Crippen LogP contribution in [-0.2, 0) is 11.3 Å². The number of hydrogen-bond acceptors (Lipinski definition) is 5. The Labute approximate surface area is 197 Å². The molecule has 0 saturated heterocycles. The zero-order chi connectivity index (χ0) is 23.4. The van der Waals surface area contributed by atoms with Gasteiger partial charge in [-0.2, -0.15) is 5.10 Å². The van der Waals surface area contributed by atoms with Crippen molar-refractivity contribution >= 4 is 29.2 Å². The van der Waals surface area contributed by atoms with Crippen molar-refractivity contribution in [1.82, 2.24) is 30.0 Å². The monoisotopic (exact) mass is 464 g/mol. The number of benzene rings is 2. The number of hydrogen-bond donors (Lipinski definition) is 3. The van der Waals surface area contributed by atoms with Gasteiger partial charge in [0.1, 0.15) is 11.6 Å². The maximum Gasteiger partial charge on any atom is 0.222 e. The van der Waals surface area contributed by atoms with Gasteiger partial charge in [-0.05, 0) is 54.5 Å². The Hall–Kier alpha value is -3.46. The van der Waals surface area contributed by atoms with Crippen LogP contribution in [0.25, 0.3) is 22.4 Å². The molecule has 2 aromatic heterocycles. The van der Waals surface area contributed by atoms with Gasteiger partial charge in [-0.25, -0.2) is 4.98 Å². The Bertz CT molecular complexity index is 1260. The molecule has 9 heteroatoms. The second-order valence-corrected chi connectivity index (χ2v) is 8.44. The summed E-state index contributed by atoms with van der Waals surface area (Å²) in [7, 11) is 1.63. The summed E-state index contributed by atoms with van der Waals surface area (Å²) < 4.78 is 7.54. The minimum absolute atomic E-state index is 0.0652. The van der Waals surface area contributed by atoms with Crippen LogP contribution < -0.4 is 10.1 Å². The van der Waals surface area contributed by atoms with Gasteiger partial charge in [0.15, 0.2) is 10.6 Å². The molecule has 1 amide bonds. The first-order chi connectivity index (χ1) is 16.0. The molecule has 0 bridgehead atoms. The molecular weight excluding hydrogens is 436 g/mol. The van der Waals surface area contributed by atoms with Crippen molar-refractivity contribution in [3.8, 4) is 17.1 Å². The van der Waals surface area contributed by atoms with Crippen molar-refractivity contribution in [2.75, 3.05) is 7.11 Å². The highest BCUT2D eigenvalue weighted by atomic mass is 32.1. The summed E-state index contributed by atoms with van der Waals surface area (Å²) in [6.45, 7) is 4.64. The van der Waals surface area contributed by atoms with E-state index in [0.717, 1.165) is 34.6 Å². The van der Waals surface area contributed by atoms with Crippen LogP contribution in [0.3, 0.4) is 0 Å². The average molecular weight is 465 g/mol. The Morgan fingerprint density at radius 3 is 2.67 bits per heavy atom. The van der Waals surface area contributed by atoms with Crippen LogP contribution >= 0.6 is 12.2 Å². The van der Waals surface area contributed by atoms with E-state index in [2.05, 4.69) is 34.3 Å². The van der Waals surface area contributed by atoms with Gasteiger partial charge in [-0.3, -0.25) is 14.5 Å². The van der Waals surface area contributed by atoms with Gasteiger partial charge < -0.3 is 15.0 Å². The SMILES string of the molecule is CCC(C)C(NC(=O)CCn1c(-c2ccc(OC)cc2)n[nH]c1=S)c1nc2ccccc2[nH]1. The summed E-state index contributed by atoms with van der Waals surface area (Å²) in [6, 6.07) is 15.3. The first kappa shape index (κ1) is 22.7. The lowest BCUT2D eigenvalue weighted by Gasteiger charge is -2.22. The zero-order valence-corrected chi connectivity index (χ0v) is 19.8. The smallest absolute Gasteiger partial charge is 0.222 e. The third-order valence-electron chi connectivity index (χ3n) is 5.90. The van der Waals surface area contributed by atoms with Crippen molar-refractivity contribution in [3.63, 3.8) is 0 Å². The molecule has 0 aliphatic carbocycles. The summed E-state index contributed by atoms with van der Waals surface area (Å²) in [5, 5.41) is 10.4. The summed E-state index contributed by atoms with van der Waals surface area (Å²) in [4.78, 5) is 21.0. The standard InChI is InChI=1S/C24H28N6O2S/c1-4-15(2)21(22-25-18-7-5-6-8-19(18)26-22)27-20(31)13-14-30-23(28-29-24(30)33)16-9-11-17(32-3)12-10-16/h5-12,15,21H,4,13-14H2,1-3H3,(H,25,26)(H,27,31)(H,29,33). The van der Waals surface area contributed by atoms with E-state index in [4.69, 9.17) is 21.9 Å². The third kappa shape index (κ3) is 4.98. The Morgan fingerprint density at radius 2 is 1.97 bits per heavy atom. The molecule has 0 saturated carbocycles. The number of imidazole rings is 1. The number of carbonyl (C=O) groups is 1. The maximum absolute atomic E-state index is 13.0. The van der Waals surface area contributed by atoms with Crippen LogP contribution in [0.4, 0.5) is 0 Å². The van der Waals surface area contributed by atoms with Crippen molar-refractivity contribution in [3.05, 3.63) is 59.1 Å². The lowest BCUT2D eigenvalue weighted by atomic mass is 9.98. The van der Waals surface area contributed by atoms with Gasteiger partial charge in [0.2, 0.25) is 5.91 Å². The number of carbonyl (C=O) groups excluding carboxylic acids is 1. The topological polar surface area (TPSA) is 101 Å². The molecule has 0 aliphatic heterocycles. The number of methoxy groups -OCH3 is 1. The van der Waals surface area contributed by atoms with Gasteiger partial charge >= 0.3 is 0 Å². The van der Waals surface area contributed by atoms with Crippen LogP contribution in [0.2, 0.25) is 0 Å². The second kappa shape index (κ2) is 9.99. The van der Waals surface area contributed by atoms with E-state index in [1.54, 1.807) is 7.11 Å². The highest BCUT2D eigenvalue weighted by molar-refractivity contribution is 7.71. The first-order valence-electron chi connectivity index (χ1n) is 11.0. The van der Waals surface area contributed by atoms with Crippen molar-refractivity contribution in [2.45, 2.75) is 39.3 Å². The van der Waals surface area contributed by atoms with E-state index in [9.17, 15) is 4.79 Å². The third-order valence-corrected chi connectivity index (χ3v) is 6.21. The lowest BCUT2D eigenvalue weighted by molar-refractivity contribution is -0.122. The number of H-pyrrole nitrogens is 2.